The molecule has 0 aliphatic rings. The molecule has 0 spiro atoms. The fraction of sp³-hybridized carbons (Fsp3) is 0.143. The number of benzene rings is 2. The van der Waals surface area contributed by atoms with Crippen molar-refractivity contribution in [2.24, 2.45) is 0 Å². The van der Waals surface area contributed by atoms with Gasteiger partial charge in [-0.3, -0.25) is 0 Å². The van der Waals surface area contributed by atoms with Crippen LogP contribution < -0.4 is 5.73 Å². The smallest absolute Gasteiger partial charge is 0.142 e. The molecule has 3 aromatic rings. The summed E-state index contributed by atoms with van der Waals surface area (Å²) < 4.78 is 13.3. The van der Waals surface area contributed by atoms with Gasteiger partial charge in [-0.05, 0) is 61.7 Å². The van der Waals surface area contributed by atoms with Crippen LogP contribution in [0.5, 0.6) is 0 Å². The first-order valence-corrected chi connectivity index (χ1v) is 7.96. The van der Waals surface area contributed by atoms with Crippen molar-refractivity contribution in [1.82, 2.24) is 4.98 Å². The largest absolute Gasteiger partial charge is 0.383 e. The van der Waals surface area contributed by atoms with Gasteiger partial charge >= 0.3 is 0 Å². The van der Waals surface area contributed by atoms with Crippen molar-refractivity contribution >= 4 is 5.82 Å². The molecule has 3 rings (SSSR count). The Labute approximate surface area is 146 Å². The average molecular weight is 331 g/mol. The monoisotopic (exact) mass is 331 g/mol. The zero-order valence-corrected chi connectivity index (χ0v) is 14.4. The van der Waals surface area contributed by atoms with Crippen LogP contribution in [-0.2, 0) is 0 Å². The topological polar surface area (TPSA) is 62.7 Å². The lowest BCUT2D eigenvalue weighted by Gasteiger charge is -2.17. The highest BCUT2D eigenvalue weighted by Gasteiger charge is 2.19. The summed E-state index contributed by atoms with van der Waals surface area (Å²) in [6.45, 7) is 5.93. The standard InChI is InChI=1S/C21H18FN3/c1-12-4-5-13(2)17(10-12)19-14(3)20(25-21(24)18(19)11-23)15-6-8-16(22)9-7-15/h4-10H,1-3H3,(H2,24,25). The van der Waals surface area contributed by atoms with Gasteiger partial charge in [-0.25, -0.2) is 9.37 Å². The molecule has 0 aliphatic carbocycles. The number of hydrogen-bond donors (Lipinski definition) is 1. The summed E-state index contributed by atoms with van der Waals surface area (Å²) in [5, 5.41) is 9.62. The zero-order valence-electron chi connectivity index (χ0n) is 14.4. The van der Waals surface area contributed by atoms with Gasteiger partial charge in [0.1, 0.15) is 23.3 Å². The number of aromatic nitrogens is 1. The van der Waals surface area contributed by atoms with Crippen molar-refractivity contribution in [2.45, 2.75) is 20.8 Å². The van der Waals surface area contributed by atoms with E-state index in [9.17, 15) is 9.65 Å². The molecular weight excluding hydrogens is 313 g/mol. The maximum atomic E-state index is 13.3. The fourth-order valence-corrected chi connectivity index (χ4v) is 3.04. The second-order valence-corrected chi connectivity index (χ2v) is 6.16. The summed E-state index contributed by atoms with van der Waals surface area (Å²) in [5.41, 5.74) is 12.6. The van der Waals surface area contributed by atoms with Crippen molar-refractivity contribution in [1.29, 1.82) is 5.26 Å². The molecule has 0 radical (unpaired) electrons. The quantitative estimate of drug-likeness (QED) is 0.724. The molecule has 25 heavy (non-hydrogen) atoms. The number of anilines is 1. The Morgan fingerprint density at radius 2 is 1.72 bits per heavy atom. The Morgan fingerprint density at radius 3 is 2.36 bits per heavy atom. The van der Waals surface area contributed by atoms with Gasteiger partial charge in [0, 0.05) is 11.1 Å². The molecule has 0 fully saturated rings. The van der Waals surface area contributed by atoms with Gasteiger partial charge in [0.25, 0.3) is 0 Å². The second-order valence-electron chi connectivity index (χ2n) is 6.16. The van der Waals surface area contributed by atoms with E-state index in [1.165, 1.54) is 12.1 Å². The maximum Gasteiger partial charge on any atom is 0.142 e. The molecule has 1 aromatic heterocycles. The molecule has 0 aliphatic heterocycles. The predicted molar refractivity (Wildman–Crippen MR) is 98.4 cm³/mol. The molecule has 1 heterocycles. The number of rotatable bonds is 2. The Bertz CT molecular complexity index is 999. The molecule has 0 bridgehead atoms. The Hall–Kier alpha value is -3.19. The van der Waals surface area contributed by atoms with Crippen LogP contribution in [0, 0.1) is 37.9 Å². The molecule has 3 nitrogen and oxygen atoms in total. The lowest BCUT2D eigenvalue weighted by atomic mass is 9.89. The van der Waals surface area contributed by atoms with Gasteiger partial charge in [-0.15, -0.1) is 0 Å². The molecule has 0 unspecified atom stereocenters. The van der Waals surface area contributed by atoms with E-state index >= 15 is 0 Å². The third-order valence-electron chi connectivity index (χ3n) is 4.36. The van der Waals surface area contributed by atoms with Gasteiger partial charge in [0.15, 0.2) is 0 Å². The number of nitrogens with zero attached hydrogens (tertiary/aromatic N) is 2. The summed E-state index contributed by atoms with van der Waals surface area (Å²) in [6, 6.07) is 14.4. The third kappa shape index (κ3) is 2.97. The van der Waals surface area contributed by atoms with Crippen molar-refractivity contribution in [2.75, 3.05) is 5.73 Å². The molecule has 0 saturated carbocycles. The minimum atomic E-state index is -0.308. The Morgan fingerprint density at radius 1 is 1.04 bits per heavy atom. The number of nitriles is 1. The number of nitrogens with two attached hydrogens (primary N) is 1. The maximum absolute atomic E-state index is 13.3. The van der Waals surface area contributed by atoms with Crippen LogP contribution in [0.3, 0.4) is 0 Å². The lowest BCUT2D eigenvalue weighted by Crippen LogP contribution is -2.04. The van der Waals surface area contributed by atoms with E-state index < -0.39 is 0 Å². The predicted octanol–water partition coefficient (Wildman–Crippen LogP) is 4.93. The van der Waals surface area contributed by atoms with E-state index in [0.29, 0.717) is 11.3 Å². The third-order valence-corrected chi connectivity index (χ3v) is 4.36. The van der Waals surface area contributed by atoms with E-state index in [-0.39, 0.29) is 11.6 Å². The van der Waals surface area contributed by atoms with Gasteiger partial charge in [-0.1, -0.05) is 23.8 Å². The van der Waals surface area contributed by atoms with Crippen molar-refractivity contribution < 1.29 is 4.39 Å². The first kappa shape index (κ1) is 16.7. The number of pyridine rings is 1. The zero-order chi connectivity index (χ0) is 18.1. The molecule has 0 atom stereocenters. The molecule has 2 aromatic carbocycles. The highest BCUT2D eigenvalue weighted by Crippen LogP contribution is 2.37. The molecule has 0 saturated heterocycles. The van der Waals surface area contributed by atoms with Crippen molar-refractivity contribution in [3.05, 3.63) is 70.5 Å². The minimum Gasteiger partial charge on any atom is -0.383 e. The first-order valence-electron chi connectivity index (χ1n) is 7.96. The summed E-state index contributed by atoms with van der Waals surface area (Å²) in [4.78, 5) is 4.41. The van der Waals surface area contributed by atoms with Crippen LogP contribution in [0.25, 0.3) is 22.4 Å². The number of aryl methyl sites for hydroxylation is 2. The molecule has 0 amide bonds. The number of nitrogen functional groups attached to an aromatic ring is 1. The van der Waals surface area contributed by atoms with Crippen LogP contribution in [0.1, 0.15) is 22.3 Å². The average Bonchev–Trinajstić information content (AvgIpc) is 2.59. The van der Waals surface area contributed by atoms with Crippen molar-refractivity contribution in [3.8, 4) is 28.5 Å². The van der Waals surface area contributed by atoms with E-state index in [0.717, 1.165) is 33.4 Å². The first-order chi connectivity index (χ1) is 11.9. The van der Waals surface area contributed by atoms with E-state index in [2.05, 4.69) is 11.1 Å². The van der Waals surface area contributed by atoms with Crippen LogP contribution in [0.15, 0.2) is 42.5 Å². The van der Waals surface area contributed by atoms with Crippen LogP contribution in [0.4, 0.5) is 10.2 Å². The molecule has 4 heteroatoms. The highest BCUT2D eigenvalue weighted by atomic mass is 19.1. The van der Waals surface area contributed by atoms with Gasteiger partial charge in [0.2, 0.25) is 0 Å². The SMILES string of the molecule is Cc1ccc(C)c(-c2c(C)c(-c3ccc(F)cc3)nc(N)c2C#N)c1. The fourth-order valence-electron chi connectivity index (χ4n) is 3.04. The summed E-state index contributed by atoms with van der Waals surface area (Å²) in [5.74, 6) is -0.124. The number of hydrogen-bond acceptors (Lipinski definition) is 3. The summed E-state index contributed by atoms with van der Waals surface area (Å²) in [6.07, 6.45) is 0. The summed E-state index contributed by atoms with van der Waals surface area (Å²) in [7, 11) is 0. The van der Waals surface area contributed by atoms with Crippen molar-refractivity contribution in [3.63, 3.8) is 0 Å². The van der Waals surface area contributed by atoms with Crippen LogP contribution >= 0.6 is 0 Å². The van der Waals surface area contributed by atoms with E-state index in [4.69, 9.17) is 5.73 Å². The van der Waals surface area contributed by atoms with Gasteiger partial charge in [0.05, 0.1) is 5.69 Å². The van der Waals surface area contributed by atoms with Gasteiger partial charge < -0.3 is 5.73 Å². The normalized spacial score (nSPS) is 10.5. The van der Waals surface area contributed by atoms with E-state index in [1.807, 2.05) is 39.0 Å². The highest BCUT2D eigenvalue weighted by molar-refractivity contribution is 5.85. The molecule has 2 N–H and O–H groups in total. The molecular formula is C21H18FN3. The van der Waals surface area contributed by atoms with Gasteiger partial charge in [-0.2, -0.15) is 5.26 Å². The lowest BCUT2D eigenvalue weighted by molar-refractivity contribution is 0.628. The van der Waals surface area contributed by atoms with Crippen LogP contribution in [0.2, 0.25) is 0 Å². The van der Waals surface area contributed by atoms with Crippen LogP contribution in [-0.4, -0.2) is 4.98 Å². The number of halogens is 1. The Kier molecular flexibility index (Phi) is 4.24. The Balaban J connectivity index is 2.36. The molecule has 124 valence electrons. The minimum absolute atomic E-state index is 0.184. The van der Waals surface area contributed by atoms with E-state index in [1.54, 1.807) is 12.1 Å². The second kappa shape index (κ2) is 6.37. The summed E-state index contributed by atoms with van der Waals surface area (Å²) >= 11 is 0.